The molecule has 0 unspecified atom stereocenters. The lowest BCUT2D eigenvalue weighted by molar-refractivity contribution is -0.143. The molecule has 0 radical (unpaired) electrons. The highest BCUT2D eigenvalue weighted by Crippen LogP contribution is 2.16. The number of halogens is 3. The Balaban J connectivity index is 1.83. The third kappa shape index (κ3) is 4.85. The van der Waals surface area contributed by atoms with Crippen molar-refractivity contribution in [2.24, 2.45) is 0 Å². The van der Waals surface area contributed by atoms with Gasteiger partial charge in [-0.05, 0) is 24.3 Å². The van der Waals surface area contributed by atoms with Gasteiger partial charge in [0.15, 0.2) is 0 Å². The smallest absolute Gasteiger partial charge is 0.325 e. The van der Waals surface area contributed by atoms with E-state index in [1.54, 1.807) is 6.07 Å². The van der Waals surface area contributed by atoms with Gasteiger partial charge in [0, 0.05) is 10.0 Å². The molecule has 0 aliphatic heterocycles. The molecule has 0 heterocycles. The van der Waals surface area contributed by atoms with Gasteiger partial charge < -0.3 is 10.1 Å². The van der Waals surface area contributed by atoms with Crippen LogP contribution in [0.1, 0.15) is 15.9 Å². The highest BCUT2D eigenvalue weighted by atomic mass is 79.9. The lowest BCUT2D eigenvalue weighted by Crippen LogP contribution is -2.31. The third-order valence-corrected chi connectivity index (χ3v) is 3.41. The van der Waals surface area contributed by atoms with Crippen LogP contribution >= 0.6 is 15.9 Å². The van der Waals surface area contributed by atoms with Gasteiger partial charge in [-0.15, -0.1) is 0 Å². The number of amides is 1. The van der Waals surface area contributed by atoms with E-state index in [1.165, 1.54) is 30.3 Å². The molecule has 0 saturated carbocycles. The number of nitrogens with one attached hydrogen (secondary N) is 1. The number of ether oxygens (including phenoxy) is 1. The Bertz CT molecular complexity index is 737. The fraction of sp³-hybridized carbons (Fsp3) is 0.125. The summed E-state index contributed by atoms with van der Waals surface area (Å²) in [5.41, 5.74) is 0.0428. The van der Waals surface area contributed by atoms with Crippen LogP contribution in [0.25, 0.3) is 0 Å². The van der Waals surface area contributed by atoms with Gasteiger partial charge in [-0.1, -0.05) is 34.1 Å². The molecule has 0 saturated heterocycles. The van der Waals surface area contributed by atoms with Gasteiger partial charge in [0.2, 0.25) is 0 Å². The molecule has 0 fully saturated rings. The number of esters is 1. The average molecular weight is 384 g/mol. The summed E-state index contributed by atoms with van der Waals surface area (Å²) < 4.78 is 32.4. The van der Waals surface area contributed by atoms with E-state index in [4.69, 9.17) is 4.74 Å². The second-order valence-corrected chi connectivity index (χ2v) is 5.47. The van der Waals surface area contributed by atoms with E-state index in [1.807, 2.05) is 0 Å². The molecule has 1 N–H and O–H groups in total. The van der Waals surface area contributed by atoms with Gasteiger partial charge in [-0.25, -0.2) is 8.78 Å². The lowest BCUT2D eigenvalue weighted by Gasteiger charge is -2.08. The van der Waals surface area contributed by atoms with Crippen LogP contribution in [-0.4, -0.2) is 18.4 Å². The zero-order valence-corrected chi connectivity index (χ0v) is 13.4. The van der Waals surface area contributed by atoms with Crippen molar-refractivity contribution in [2.75, 3.05) is 6.54 Å². The largest absolute Gasteiger partial charge is 0.459 e. The van der Waals surface area contributed by atoms with Crippen molar-refractivity contribution < 1.29 is 23.1 Å². The van der Waals surface area contributed by atoms with Crippen LogP contribution < -0.4 is 5.32 Å². The summed E-state index contributed by atoms with van der Waals surface area (Å²) in [4.78, 5) is 23.3. The van der Waals surface area contributed by atoms with Crippen LogP contribution in [0.5, 0.6) is 0 Å². The van der Waals surface area contributed by atoms with Crippen LogP contribution in [-0.2, 0) is 16.1 Å². The predicted molar refractivity (Wildman–Crippen MR) is 82.6 cm³/mol. The minimum absolute atomic E-state index is 0.167. The van der Waals surface area contributed by atoms with Crippen molar-refractivity contribution >= 4 is 27.8 Å². The molecule has 0 aliphatic carbocycles. The number of carbonyl (C=O) groups excluding carboxylic acids is 2. The molecule has 0 aliphatic rings. The first-order chi connectivity index (χ1) is 11.0. The van der Waals surface area contributed by atoms with Crippen molar-refractivity contribution in [1.82, 2.24) is 5.32 Å². The molecular weight excluding hydrogens is 372 g/mol. The molecule has 2 rings (SSSR count). The summed E-state index contributed by atoms with van der Waals surface area (Å²) in [6.45, 7) is -0.696. The average Bonchev–Trinajstić information content (AvgIpc) is 2.52. The zero-order chi connectivity index (χ0) is 16.8. The molecule has 120 valence electrons. The standard InChI is InChI=1S/C16H12BrF2NO3/c17-11-6-5-10(14(19)7-11)9-23-15(21)8-20-16(22)12-3-1-2-4-13(12)18/h1-7H,8-9H2,(H,20,22). The summed E-state index contributed by atoms with van der Waals surface area (Å²) in [6.07, 6.45) is 0. The second-order valence-electron chi connectivity index (χ2n) is 4.56. The predicted octanol–water partition coefficient (Wildman–Crippen LogP) is 3.20. The number of carbonyl (C=O) groups is 2. The Morgan fingerprint density at radius 2 is 1.83 bits per heavy atom. The molecule has 0 bridgehead atoms. The highest BCUT2D eigenvalue weighted by molar-refractivity contribution is 9.10. The van der Waals surface area contributed by atoms with Gasteiger partial charge in [-0.2, -0.15) is 0 Å². The fourth-order valence-electron chi connectivity index (χ4n) is 1.74. The Kier molecular flexibility index (Phi) is 5.81. The van der Waals surface area contributed by atoms with E-state index in [2.05, 4.69) is 21.2 Å². The highest BCUT2D eigenvalue weighted by Gasteiger charge is 2.13. The Morgan fingerprint density at radius 3 is 2.52 bits per heavy atom. The molecule has 7 heteroatoms. The first-order valence-electron chi connectivity index (χ1n) is 6.59. The normalized spacial score (nSPS) is 10.2. The summed E-state index contributed by atoms with van der Waals surface area (Å²) in [7, 11) is 0. The Labute approximate surface area is 139 Å². The van der Waals surface area contributed by atoms with E-state index >= 15 is 0 Å². The minimum Gasteiger partial charge on any atom is -0.459 e. The van der Waals surface area contributed by atoms with Gasteiger partial charge in [0.25, 0.3) is 5.91 Å². The number of hydrogen-bond acceptors (Lipinski definition) is 3. The fourth-order valence-corrected chi connectivity index (χ4v) is 2.07. The van der Waals surface area contributed by atoms with Gasteiger partial charge in [-0.3, -0.25) is 9.59 Å². The molecule has 0 atom stereocenters. The van der Waals surface area contributed by atoms with Crippen molar-refractivity contribution in [1.29, 1.82) is 0 Å². The van der Waals surface area contributed by atoms with E-state index in [0.717, 1.165) is 6.07 Å². The number of hydrogen-bond donors (Lipinski definition) is 1. The minimum atomic E-state index is -0.753. The number of rotatable bonds is 5. The molecule has 2 aromatic carbocycles. The van der Waals surface area contributed by atoms with E-state index in [0.29, 0.717) is 4.47 Å². The van der Waals surface area contributed by atoms with Crippen LogP contribution in [0.3, 0.4) is 0 Å². The quantitative estimate of drug-likeness (QED) is 0.806. The summed E-state index contributed by atoms with van der Waals surface area (Å²) in [6, 6.07) is 9.75. The maximum Gasteiger partial charge on any atom is 0.325 e. The maximum absolute atomic E-state index is 13.5. The first-order valence-corrected chi connectivity index (χ1v) is 7.39. The molecule has 0 spiro atoms. The third-order valence-electron chi connectivity index (χ3n) is 2.92. The molecule has 1 amide bonds. The van der Waals surface area contributed by atoms with Crippen LogP contribution in [0, 0.1) is 11.6 Å². The summed E-state index contributed by atoms with van der Waals surface area (Å²) in [5.74, 6) is -2.68. The van der Waals surface area contributed by atoms with Crippen molar-refractivity contribution in [3.63, 3.8) is 0 Å². The summed E-state index contributed by atoms with van der Waals surface area (Å²) >= 11 is 3.12. The maximum atomic E-state index is 13.5. The molecular formula is C16H12BrF2NO3. The van der Waals surface area contributed by atoms with Crippen molar-refractivity contribution in [3.05, 3.63) is 69.7 Å². The summed E-state index contributed by atoms with van der Waals surface area (Å²) in [5, 5.41) is 2.24. The van der Waals surface area contributed by atoms with E-state index < -0.39 is 30.1 Å². The molecule has 0 aromatic heterocycles. The topological polar surface area (TPSA) is 55.4 Å². The number of benzene rings is 2. The lowest BCUT2D eigenvalue weighted by atomic mass is 10.2. The van der Waals surface area contributed by atoms with E-state index in [-0.39, 0.29) is 17.7 Å². The Morgan fingerprint density at radius 1 is 1.09 bits per heavy atom. The van der Waals surface area contributed by atoms with Gasteiger partial charge in [0.1, 0.15) is 24.8 Å². The Hall–Kier alpha value is -2.28. The van der Waals surface area contributed by atoms with Gasteiger partial charge >= 0.3 is 5.97 Å². The van der Waals surface area contributed by atoms with Crippen LogP contribution in [0.4, 0.5) is 8.78 Å². The van der Waals surface area contributed by atoms with Crippen LogP contribution in [0.2, 0.25) is 0 Å². The first kappa shape index (κ1) is 17.1. The zero-order valence-electron chi connectivity index (χ0n) is 11.8. The van der Waals surface area contributed by atoms with Crippen LogP contribution in [0.15, 0.2) is 46.9 Å². The molecule has 4 nitrogen and oxygen atoms in total. The molecule has 23 heavy (non-hydrogen) atoms. The van der Waals surface area contributed by atoms with Gasteiger partial charge in [0.05, 0.1) is 5.56 Å². The SMILES string of the molecule is O=C(CNC(=O)c1ccccc1F)OCc1ccc(Br)cc1F. The van der Waals surface area contributed by atoms with E-state index in [9.17, 15) is 18.4 Å². The molecule has 2 aromatic rings. The monoisotopic (exact) mass is 383 g/mol. The van der Waals surface area contributed by atoms with Crippen molar-refractivity contribution in [2.45, 2.75) is 6.61 Å². The second kappa shape index (κ2) is 7.82. The van der Waals surface area contributed by atoms with Crippen molar-refractivity contribution in [3.8, 4) is 0 Å².